The second-order valence-corrected chi connectivity index (χ2v) is 10.0. The molecule has 4 heterocycles. The van der Waals surface area contributed by atoms with Crippen LogP contribution in [0, 0.1) is 5.92 Å². The number of anilines is 1. The normalized spacial score (nSPS) is 15.8. The van der Waals surface area contributed by atoms with Crippen LogP contribution in [0.4, 0.5) is 5.82 Å². The van der Waals surface area contributed by atoms with Gasteiger partial charge in [0.1, 0.15) is 16.5 Å². The van der Waals surface area contributed by atoms with Gasteiger partial charge in [-0.1, -0.05) is 18.7 Å². The predicted molar refractivity (Wildman–Crippen MR) is 124 cm³/mol. The molecule has 5 rings (SSSR count). The maximum absolute atomic E-state index is 11.4. The number of aromatic nitrogens is 5. The van der Waals surface area contributed by atoms with Gasteiger partial charge in [0, 0.05) is 17.8 Å². The molecule has 0 radical (unpaired) electrons. The SMILES string of the molecule is CC1CCc2c(sc3nc(CSc4nnc(-c5ccco5)n4CCC(N)=O)nc(N)c23)C1. The molecule has 0 bridgehead atoms. The Labute approximate surface area is 192 Å². The molecule has 9 nitrogen and oxygen atoms in total. The molecule has 4 aromatic heterocycles. The summed E-state index contributed by atoms with van der Waals surface area (Å²) in [4.78, 5) is 23.1. The highest BCUT2D eigenvalue weighted by Gasteiger charge is 2.23. The van der Waals surface area contributed by atoms with Crippen molar-refractivity contribution in [1.29, 1.82) is 0 Å². The number of thiophene rings is 1. The van der Waals surface area contributed by atoms with E-state index in [1.165, 1.54) is 28.6 Å². The highest BCUT2D eigenvalue weighted by atomic mass is 32.2. The molecular formula is C21H23N7O2S2. The van der Waals surface area contributed by atoms with E-state index in [1.807, 2.05) is 4.57 Å². The van der Waals surface area contributed by atoms with Gasteiger partial charge in [-0.25, -0.2) is 9.97 Å². The molecule has 4 aromatic rings. The van der Waals surface area contributed by atoms with Crippen LogP contribution in [0.1, 0.15) is 36.0 Å². The van der Waals surface area contributed by atoms with Crippen LogP contribution in [0.2, 0.25) is 0 Å². The first-order chi connectivity index (χ1) is 15.5. The van der Waals surface area contributed by atoms with Crippen LogP contribution in [0.25, 0.3) is 21.8 Å². The van der Waals surface area contributed by atoms with Crippen molar-refractivity contribution in [3.63, 3.8) is 0 Å². The number of amides is 1. The third kappa shape index (κ3) is 3.97. The minimum Gasteiger partial charge on any atom is -0.461 e. The van der Waals surface area contributed by atoms with Gasteiger partial charge in [-0.05, 0) is 42.9 Å². The van der Waals surface area contributed by atoms with E-state index in [0.29, 0.717) is 46.6 Å². The molecule has 1 aliphatic rings. The molecule has 1 atom stereocenters. The molecule has 0 aromatic carbocycles. The van der Waals surface area contributed by atoms with Crippen molar-refractivity contribution in [2.45, 2.75) is 50.1 Å². The molecule has 4 N–H and O–H groups in total. The number of primary amides is 1. The van der Waals surface area contributed by atoms with Crippen molar-refractivity contribution >= 4 is 45.0 Å². The van der Waals surface area contributed by atoms with Gasteiger partial charge in [0.25, 0.3) is 0 Å². The van der Waals surface area contributed by atoms with Crippen LogP contribution in [0.15, 0.2) is 28.0 Å². The number of hydrogen-bond donors (Lipinski definition) is 2. The quantitative estimate of drug-likeness (QED) is 0.393. The van der Waals surface area contributed by atoms with Crippen LogP contribution < -0.4 is 11.5 Å². The monoisotopic (exact) mass is 469 g/mol. The fourth-order valence-corrected chi connectivity index (χ4v) is 6.25. The summed E-state index contributed by atoms with van der Waals surface area (Å²) in [6, 6.07) is 3.58. The fourth-order valence-electron chi connectivity index (χ4n) is 4.02. The zero-order valence-corrected chi connectivity index (χ0v) is 19.2. The van der Waals surface area contributed by atoms with Crippen LogP contribution >= 0.6 is 23.1 Å². The number of fused-ring (bicyclic) bond motifs is 3. The zero-order chi connectivity index (χ0) is 22.2. The maximum atomic E-state index is 11.4. The Morgan fingerprint density at radius 3 is 3.03 bits per heavy atom. The number of rotatable bonds is 7. The van der Waals surface area contributed by atoms with Gasteiger partial charge in [0.2, 0.25) is 5.91 Å². The number of hydrogen-bond acceptors (Lipinski definition) is 9. The molecule has 1 unspecified atom stereocenters. The highest BCUT2D eigenvalue weighted by Crippen LogP contribution is 2.39. The highest BCUT2D eigenvalue weighted by molar-refractivity contribution is 7.98. The maximum Gasteiger partial charge on any atom is 0.219 e. The Hall–Kier alpha value is -2.92. The molecule has 0 spiro atoms. The number of nitrogen functional groups attached to an aromatic ring is 1. The van der Waals surface area contributed by atoms with Crippen LogP contribution in [0.5, 0.6) is 0 Å². The second-order valence-electron chi connectivity index (χ2n) is 8.00. The minimum absolute atomic E-state index is 0.174. The van der Waals surface area contributed by atoms with Crippen LogP contribution in [-0.2, 0) is 29.9 Å². The van der Waals surface area contributed by atoms with Gasteiger partial charge in [0.05, 0.1) is 17.4 Å². The first-order valence-electron chi connectivity index (χ1n) is 10.4. The molecule has 0 saturated heterocycles. The third-order valence-electron chi connectivity index (χ3n) is 5.60. The van der Waals surface area contributed by atoms with E-state index >= 15 is 0 Å². The van der Waals surface area contributed by atoms with E-state index in [-0.39, 0.29) is 6.42 Å². The van der Waals surface area contributed by atoms with Crippen molar-refractivity contribution in [2.24, 2.45) is 11.7 Å². The van der Waals surface area contributed by atoms with Gasteiger partial charge in [-0.15, -0.1) is 21.5 Å². The Bertz CT molecular complexity index is 1280. The smallest absolute Gasteiger partial charge is 0.219 e. The van der Waals surface area contributed by atoms with Crippen molar-refractivity contribution in [3.05, 3.63) is 34.7 Å². The summed E-state index contributed by atoms with van der Waals surface area (Å²) in [6.45, 7) is 2.65. The summed E-state index contributed by atoms with van der Waals surface area (Å²) in [6.07, 6.45) is 5.04. The van der Waals surface area contributed by atoms with Gasteiger partial charge < -0.3 is 15.9 Å². The van der Waals surface area contributed by atoms with Crippen LogP contribution in [0.3, 0.4) is 0 Å². The molecule has 166 valence electrons. The molecule has 0 aliphatic heterocycles. The molecular weight excluding hydrogens is 446 g/mol. The first-order valence-corrected chi connectivity index (χ1v) is 12.2. The summed E-state index contributed by atoms with van der Waals surface area (Å²) in [5.74, 6) is 3.10. The van der Waals surface area contributed by atoms with Crippen molar-refractivity contribution in [2.75, 3.05) is 5.73 Å². The molecule has 1 aliphatic carbocycles. The summed E-state index contributed by atoms with van der Waals surface area (Å²) >= 11 is 3.18. The number of nitrogens with zero attached hydrogens (tertiary/aromatic N) is 5. The average molecular weight is 470 g/mol. The second kappa shape index (κ2) is 8.55. The first kappa shape index (κ1) is 21.0. The summed E-state index contributed by atoms with van der Waals surface area (Å²) < 4.78 is 7.30. The molecule has 1 amide bonds. The molecule has 32 heavy (non-hydrogen) atoms. The van der Waals surface area contributed by atoms with Gasteiger partial charge >= 0.3 is 0 Å². The molecule has 0 saturated carbocycles. The summed E-state index contributed by atoms with van der Waals surface area (Å²) in [7, 11) is 0. The number of thioether (sulfide) groups is 1. The van der Waals surface area contributed by atoms with Gasteiger partial charge in [-0.3, -0.25) is 9.36 Å². The Kier molecular flexibility index (Phi) is 5.60. The summed E-state index contributed by atoms with van der Waals surface area (Å²) in [5.41, 5.74) is 13.0. The zero-order valence-electron chi connectivity index (χ0n) is 17.6. The largest absolute Gasteiger partial charge is 0.461 e. The van der Waals surface area contributed by atoms with E-state index < -0.39 is 5.91 Å². The molecule has 11 heteroatoms. The number of carbonyl (C=O) groups is 1. The lowest BCUT2D eigenvalue weighted by Gasteiger charge is -2.17. The van der Waals surface area contributed by atoms with Gasteiger partial charge in [0.15, 0.2) is 16.7 Å². The lowest BCUT2D eigenvalue weighted by atomic mass is 9.89. The van der Waals surface area contributed by atoms with Crippen molar-refractivity contribution in [3.8, 4) is 11.6 Å². The lowest BCUT2D eigenvalue weighted by Crippen LogP contribution is -2.15. The van der Waals surface area contributed by atoms with E-state index in [2.05, 4.69) is 22.1 Å². The number of furan rings is 1. The molecule has 0 fully saturated rings. The minimum atomic E-state index is -0.391. The van der Waals surface area contributed by atoms with E-state index in [0.717, 1.165) is 23.1 Å². The van der Waals surface area contributed by atoms with Crippen LogP contribution in [-0.4, -0.2) is 30.6 Å². The number of aryl methyl sites for hydroxylation is 1. The van der Waals surface area contributed by atoms with Crippen molar-refractivity contribution in [1.82, 2.24) is 24.7 Å². The van der Waals surface area contributed by atoms with Gasteiger partial charge in [-0.2, -0.15) is 0 Å². The average Bonchev–Trinajstić information content (AvgIpc) is 3.48. The standard InChI is InChI=1S/C21H23N7O2S2/c1-11-4-5-12-14(9-11)32-20-17(12)18(23)24-16(25-20)10-31-21-27-26-19(13-3-2-8-30-13)28(21)7-6-15(22)29/h2-3,8,11H,4-7,9-10H2,1H3,(H2,22,29)(H2,23,24,25). The van der Waals surface area contributed by atoms with E-state index in [4.69, 9.17) is 20.9 Å². The predicted octanol–water partition coefficient (Wildman–Crippen LogP) is 3.42. The lowest BCUT2D eigenvalue weighted by molar-refractivity contribution is -0.118. The van der Waals surface area contributed by atoms with E-state index in [1.54, 1.807) is 29.7 Å². The van der Waals surface area contributed by atoms with E-state index in [9.17, 15) is 4.79 Å². The summed E-state index contributed by atoms with van der Waals surface area (Å²) in [5, 5.41) is 10.2. The third-order valence-corrected chi connectivity index (χ3v) is 7.71. The Morgan fingerprint density at radius 2 is 2.25 bits per heavy atom. The Balaban J connectivity index is 1.41. The fraction of sp³-hybridized carbons (Fsp3) is 0.381. The van der Waals surface area contributed by atoms with Crippen molar-refractivity contribution < 1.29 is 9.21 Å². The number of carbonyl (C=O) groups excluding carboxylic acids is 1. The topological polar surface area (TPSA) is 139 Å². The number of nitrogens with two attached hydrogens (primary N) is 2. The Morgan fingerprint density at radius 1 is 1.38 bits per heavy atom.